The number of amides is 1. The Kier molecular flexibility index (Phi) is 6.30. The zero-order chi connectivity index (χ0) is 17.1. The number of aliphatic carboxylic acids is 1. The highest BCUT2D eigenvalue weighted by atomic mass is 127. The maximum atomic E-state index is 12.1. The predicted molar refractivity (Wildman–Crippen MR) is 98.3 cm³/mol. The third kappa shape index (κ3) is 5.14. The number of halogens is 2. The molecule has 0 aromatic heterocycles. The molecule has 122 valence electrons. The summed E-state index contributed by atoms with van der Waals surface area (Å²) < 4.78 is 4.77. The van der Waals surface area contributed by atoms with Crippen LogP contribution in [0.5, 0.6) is 5.75 Å². The van der Waals surface area contributed by atoms with Gasteiger partial charge < -0.3 is 14.9 Å². The van der Waals surface area contributed by atoms with E-state index in [1.54, 1.807) is 78.4 Å². The average molecular weight is 533 g/mol. The van der Waals surface area contributed by atoms with Crippen LogP contribution in [0.1, 0.15) is 26.3 Å². The third-order valence-corrected chi connectivity index (χ3v) is 6.03. The van der Waals surface area contributed by atoms with Gasteiger partial charge in [-0.1, -0.05) is 12.1 Å². The molecule has 0 aliphatic rings. The van der Waals surface area contributed by atoms with Gasteiger partial charge >= 0.3 is 12.1 Å². The number of rotatable bonds is 4. The van der Waals surface area contributed by atoms with Gasteiger partial charge in [0.15, 0.2) is 0 Å². The quantitative estimate of drug-likeness (QED) is 0.267. The molecule has 0 bridgehead atoms. The molecule has 6 nitrogen and oxygen atoms in total. The Morgan fingerprint density at radius 1 is 1.23 bits per heavy atom. The van der Waals surface area contributed by atoms with Crippen molar-refractivity contribution >= 4 is 57.5 Å². The third-order valence-electron chi connectivity index (χ3n) is 2.57. The van der Waals surface area contributed by atoms with Crippen molar-refractivity contribution in [1.82, 2.24) is 3.11 Å². The molecule has 0 aliphatic heterocycles. The second-order valence-corrected chi connectivity index (χ2v) is 8.42. The fraction of sp³-hybridized carbons (Fsp3) is 0.429. The first-order valence-corrected chi connectivity index (χ1v) is 8.39. The number of carbonyl (C=O) groups is 2. The minimum Gasteiger partial charge on any atom is -0.508 e. The van der Waals surface area contributed by atoms with E-state index in [4.69, 9.17) is 4.74 Å². The van der Waals surface area contributed by atoms with Crippen LogP contribution in [0, 0.1) is 0 Å². The Balaban J connectivity index is 3.01. The number of carbonyl (C=O) groups excluding carboxylic acids is 1. The number of hydrogen-bond acceptors (Lipinski definition) is 4. The van der Waals surface area contributed by atoms with Crippen LogP contribution in [0.4, 0.5) is 4.79 Å². The van der Waals surface area contributed by atoms with E-state index in [-0.39, 0.29) is 12.2 Å². The summed E-state index contributed by atoms with van der Waals surface area (Å²) in [5.41, 5.74) is -0.0328. The molecule has 0 saturated heterocycles. The molecule has 0 heterocycles. The summed E-state index contributed by atoms with van der Waals surface area (Å²) in [5.74, 6) is -1.06. The highest BCUT2D eigenvalue weighted by Crippen LogP contribution is 2.34. The van der Waals surface area contributed by atoms with Gasteiger partial charge in [-0.3, -0.25) is 0 Å². The second-order valence-electron chi connectivity index (χ2n) is 5.67. The number of carboxylic acids is 1. The van der Waals surface area contributed by atoms with Gasteiger partial charge in [-0.05, 0) is 61.1 Å². The molecule has 0 radical (unpaired) electrons. The van der Waals surface area contributed by atoms with Crippen molar-refractivity contribution in [3.63, 3.8) is 0 Å². The minimum absolute atomic E-state index is 0.0748. The van der Waals surface area contributed by atoms with Crippen LogP contribution in [-0.4, -0.2) is 34.5 Å². The van der Waals surface area contributed by atoms with E-state index < -0.39 is 21.2 Å². The molecule has 0 fully saturated rings. The fourth-order valence-electron chi connectivity index (χ4n) is 1.56. The van der Waals surface area contributed by atoms with Gasteiger partial charge in [-0.15, -0.1) is 0 Å². The van der Waals surface area contributed by atoms with Crippen molar-refractivity contribution in [3.05, 3.63) is 29.8 Å². The number of benzene rings is 1. The fourth-order valence-corrected chi connectivity index (χ4v) is 2.67. The van der Waals surface area contributed by atoms with Crippen molar-refractivity contribution < 1.29 is 24.5 Å². The molecule has 0 saturated carbocycles. The Morgan fingerprint density at radius 2 is 1.73 bits per heavy atom. The normalized spacial score (nSPS) is 14.0. The van der Waals surface area contributed by atoms with Crippen LogP contribution in [0.25, 0.3) is 0 Å². The number of phenolic OH excluding ortho intramolecular Hbond substituents is 1. The van der Waals surface area contributed by atoms with E-state index in [0.29, 0.717) is 5.56 Å². The lowest BCUT2D eigenvalue weighted by Gasteiger charge is -2.32. The first-order chi connectivity index (χ1) is 9.95. The highest BCUT2D eigenvalue weighted by Gasteiger charge is 2.45. The standard InChI is InChI=1S/C14H17I2NO5/c1-13(2,3)22-12(21)17(16)14(15,11(19)20)8-9-4-6-10(18)7-5-9/h4-7,18H,8H2,1-3H3,(H,19,20)/t14-/m0/s1. The number of ether oxygens (including phenoxy) is 1. The smallest absolute Gasteiger partial charge is 0.420 e. The van der Waals surface area contributed by atoms with Gasteiger partial charge in [0.2, 0.25) is 3.55 Å². The molecular weight excluding hydrogens is 516 g/mol. The lowest BCUT2D eigenvalue weighted by atomic mass is 10.1. The van der Waals surface area contributed by atoms with Gasteiger partial charge in [0.1, 0.15) is 11.4 Å². The molecule has 1 amide bonds. The van der Waals surface area contributed by atoms with Crippen LogP contribution in [0.2, 0.25) is 0 Å². The number of nitrogens with zero attached hydrogens (tertiary/aromatic N) is 1. The van der Waals surface area contributed by atoms with Gasteiger partial charge in [0, 0.05) is 6.42 Å². The number of aromatic hydroxyl groups is 1. The molecule has 0 aliphatic carbocycles. The summed E-state index contributed by atoms with van der Waals surface area (Å²) in [4.78, 5) is 23.8. The second kappa shape index (κ2) is 7.20. The van der Waals surface area contributed by atoms with E-state index >= 15 is 0 Å². The van der Waals surface area contributed by atoms with Crippen molar-refractivity contribution in [2.45, 2.75) is 36.3 Å². The van der Waals surface area contributed by atoms with E-state index in [2.05, 4.69) is 0 Å². The van der Waals surface area contributed by atoms with Crippen molar-refractivity contribution in [2.24, 2.45) is 0 Å². The van der Waals surface area contributed by atoms with E-state index in [9.17, 15) is 19.8 Å². The summed E-state index contributed by atoms with van der Waals surface area (Å²) in [5, 5.41) is 18.8. The Hall–Kier alpha value is -0.780. The lowest BCUT2D eigenvalue weighted by Crippen LogP contribution is -2.50. The number of phenols is 1. The summed E-state index contributed by atoms with van der Waals surface area (Å²) in [6.07, 6.45) is -0.644. The number of carboxylic acid groups (broad SMARTS) is 1. The Morgan fingerprint density at radius 3 is 2.14 bits per heavy atom. The topological polar surface area (TPSA) is 87.1 Å². The van der Waals surface area contributed by atoms with Gasteiger partial charge in [0.25, 0.3) is 0 Å². The molecule has 8 heteroatoms. The van der Waals surface area contributed by atoms with Crippen molar-refractivity contribution in [2.75, 3.05) is 0 Å². The summed E-state index contributed by atoms with van der Waals surface area (Å²) >= 11 is 3.38. The maximum Gasteiger partial charge on any atom is 0.420 e. The predicted octanol–water partition coefficient (Wildman–Crippen LogP) is 3.74. The highest BCUT2D eigenvalue weighted by molar-refractivity contribution is 14.1. The lowest BCUT2D eigenvalue weighted by molar-refractivity contribution is -0.141. The summed E-state index contributed by atoms with van der Waals surface area (Å²) in [6.45, 7) is 5.14. The van der Waals surface area contributed by atoms with Crippen LogP contribution >= 0.6 is 45.5 Å². The van der Waals surface area contributed by atoms with Crippen molar-refractivity contribution in [1.29, 1.82) is 0 Å². The molecule has 22 heavy (non-hydrogen) atoms. The minimum atomic E-state index is -1.50. The molecule has 1 rings (SSSR count). The van der Waals surface area contributed by atoms with E-state index in [1.807, 2.05) is 0 Å². The van der Waals surface area contributed by atoms with Crippen LogP contribution < -0.4 is 0 Å². The maximum absolute atomic E-state index is 12.1. The largest absolute Gasteiger partial charge is 0.508 e. The first-order valence-electron chi connectivity index (χ1n) is 6.35. The molecule has 1 atom stereocenters. The molecule has 2 N–H and O–H groups in total. The monoisotopic (exact) mass is 533 g/mol. The molecule has 0 spiro atoms. The SMILES string of the molecule is CC(C)(C)OC(=O)N(I)[C@@](I)(Cc1ccc(O)cc1)C(=O)O. The zero-order valence-electron chi connectivity index (χ0n) is 12.3. The van der Waals surface area contributed by atoms with Crippen LogP contribution in [-0.2, 0) is 16.0 Å². The number of hydrogen-bond donors (Lipinski definition) is 2. The van der Waals surface area contributed by atoms with E-state index in [1.165, 1.54) is 12.1 Å². The van der Waals surface area contributed by atoms with Crippen LogP contribution in [0.3, 0.4) is 0 Å². The average Bonchev–Trinajstić information content (AvgIpc) is 2.38. The van der Waals surface area contributed by atoms with Crippen LogP contribution in [0.15, 0.2) is 24.3 Å². The number of alkyl halides is 1. The first kappa shape index (κ1) is 19.3. The molecule has 0 unspecified atom stereocenters. The summed E-state index contributed by atoms with van der Waals surface area (Å²) in [7, 11) is 0. The molecule has 1 aromatic rings. The zero-order valence-corrected chi connectivity index (χ0v) is 16.7. The van der Waals surface area contributed by atoms with Gasteiger partial charge in [0.05, 0.1) is 22.9 Å². The Bertz CT molecular complexity index is 555. The molecular formula is C14H17I2NO5. The molecule has 1 aromatic carbocycles. The van der Waals surface area contributed by atoms with Gasteiger partial charge in [-0.25, -0.2) is 12.7 Å². The Labute approximate surface area is 156 Å². The van der Waals surface area contributed by atoms with Crippen molar-refractivity contribution in [3.8, 4) is 5.75 Å². The van der Waals surface area contributed by atoms with E-state index in [0.717, 1.165) is 3.11 Å². The summed E-state index contributed by atoms with van der Waals surface area (Å²) in [6, 6.07) is 6.18. The van der Waals surface area contributed by atoms with Gasteiger partial charge in [-0.2, -0.15) is 0 Å².